The number of esters is 1. The smallest absolute Gasteiger partial charge is 0.343 e. The Hall–Kier alpha value is -2.51. The molecule has 0 bridgehead atoms. The van der Waals surface area contributed by atoms with Crippen LogP contribution in [-0.4, -0.2) is 32.6 Å². The third kappa shape index (κ3) is 4.81. The predicted octanol–water partition coefficient (Wildman–Crippen LogP) is 3.96. The van der Waals surface area contributed by atoms with E-state index in [0.717, 1.165) is 18.6 Å². The second kappa shape index (κ2) is 8.45. The quantitative estimate of drug-likeness (QED) is 0.301. The van der Waals surface area contributed by atoms with Crippen LogP contribution in [0.2, 0.25) is 0 Å². The number of carbonyl (C=O) groups excluding carboxylic acids is 1. The standard InChI is InChI=1S/C20H20F2O5/c1-2-20(10-24-11-20)12-25-13-26-15-5-3-14(4-6-15)19(23)27-16-7-8-17(21)18(22)9-16/h3-9H,2,10-13H2,1H3. The molecule has 5 nitrogen and oxygen atoms in total. The Morgan fingerprint density at radius 2 is 1.78 bits per heavy atom. The number of hydrogen-bond donors (Lipinski definition) is 0. The number of benzene rings is 2. The summed E-state index contributed by atoms with van der Waals surface area (Å²) in [5, 5.41) is 0. The van der Waals surface area contributed by atoms with E-state index in [2.05, 4.69) is 6.92 Å². The average Bonchev–Trinajstić information content (AvgIpc) is 2.64. The number of carbonyl (C=O) groups is 1. The summed E-state index contributed by atoms with van der Waals surface area (Å²) < 4.78 is 47.3. The molecule has 1 saturated heterocycles. The lowest BCUT2D eigenvalue weighted by Gasteiger charge is -2.40. The molecule has 0 aliphatic carbocycles. The van der Waals surface area contributed by atoms with Crippen LogP contribution in [0.3, 0.4) is 0 Å². The Morgan fingerprint density at radius 1 is 1.07 bits per heavy atom. The van der Waals surface area contributed by atoms with Crippen LogP contribution in [0.15, 0.2) is 42.5 Å². The Morgan fingerprint density at radius 3 is 2.37 bits per heavy atom. The molecule has 0 unspecified atom stereocenters. The Bertz CT molecular complexity index is 782. The summed E-state index contributed by atoms with van der Waals surface area (Å²) in [5.74, 6) is -2.30. The SMILES string of the molecule is CCC1(COCOc2ccc(C(=O)Oc3ccc(F)c(F)c3)cc2)COC1. The van der Waals surface area contributed by atoms with Gasteiger partial charge in [-0.15, -0.1) is 0 Å². The van der Waals surface area contributed by atoms with E-state index < -0.39 is 17.6 Å². The van der Waals surface area contributed by atoms with E-state index in [0.29, 0.717) is 25.6 Å². The van der Waals surface area contributed by atoms with Gasteiger partial charge in [-0.05, 0) is 42.8 Å². The van der Waals surface area contributed by atoms with E-state index in [4.69, 9.17) is 18.9 Å². The van der Waals surface area contributed by atoms with Gasteiger partial charge in [-0.1, -0.05) is 6.92 Å². The average molecular weight is 378 g/mol. The lowest BCUT2D eigenvalue weighted by atomic mass is 9.84. The first-order valence-electron chi connectivity index (χ1n) is 8.57. The summed E-state index contributed by atoms with van der Waals surface area (Å²) in [7, 11) is 0. The van der Waals surface area contributed by atoms with Crippen LogP contribution in [0.5, 0.6) is 11.5 Å². The van der Waals surface area contributed by atoms with E-state index in [1.807, 2.05) is 0 Å². The maximum absolute atomic E-state index is 13.2. The Kier molecular flexibility index (Phi) is 6.03. The van der Waals surface area contributed by atoms with Crippen LogP contribution in [0, 0.1) is 17.0 Å². The molecule has 2 aromatic rings. The van der Waals surface area contributed by atoms with E-state index in [1.165, 1.54) is 18.2 Å². The molecule has 7 heteroatoms. The van der Waals surface area contributed by atoms with Gasteiger partial charge in [0.25, 0.3) is 0 Å². The molecule has 0 amide bonds. The molecule has 1 aliphatic rings. The maximum atomic E-state index is 13.2. The monoisotopic (exact) mass is 378 g/mol. The molecule has 2 aromatic carbocycles. The second-order valence-electron chi connectivity index (χ2n) is 6.45. The lowest BCUT2D eigenvalue weighted by Crippen LogP contribution is -2.45. The third-order valence-corrected chi connectivity index (χ3v) is 4.48. The van der Waals surface area contributed by atoms with Gasteiger partial charge in [0.2, 0.25) is 0 Å². The first kappa shape index (κ1) is 19.3. The summed E-state index contributed by atoms with van der Waals surface area (Å²) in [6.45, 7) is 4.18. The highest BCUT2D eigenvalue weighted by Gasteiger charge is 2.37. The summed E-state index contributed by atoms with van der Waals surface area (Å²) in [6, 6.07) is 9.14. The van der Waals surface area contributed by atoms with Crippen molar-refractivity contribution in [3.8, 4) is 11.5 Å². The minimum absolute atomic E-state index is 0.0718. The summed E-state index contributed by atoms with van der Waals surface area (Å²) in [4.78, 5) is 12.0. The number of rotatable bonds is 8. The van der Waals surface area contributed by atoms with Crippen LogP contribution in [0.25, 0.3) is 0 Å². The first-order chi connectivity index (χ1) is 13.0. The molecule has 0 spiro atoms. The van der Waals surface area contributed by atoms with Crippen molar-refractivity contribution in [1.82, 2.24) is 0 Å². The molecule has 1 heterocycles. The zero-order valence-corrected chi connectivity index (χ0v) is 14.9. The largest absolute Gasteiger partial charge is 0.468 e. The fourth-order valence-corrected chi connectivity index (χ4v) is 2.54. The van der Waals surface area contributed by atoms with Gasteiger partial charge >= 0.3 is 5.97 Å². The van der Waals surface area contributed by atoms with Crippen LogP contribution < -0.4 is 9.47 Å². The van der Waals surface area contributed by atoms with Crippen LogP contribution in [-0.2, 0) is 9.47 Å². The molecule has 3 rings (SSSR count). The molecular weight excluding hydrogens is 358 g/mol. The van der Waals surface area contributed by atoms with Crippen molar-refractivity contribution in [2.45, 2.75) is 13.3 Å². The van der Waals surface area contributed by atoms with Crippen molar-refractivity contribution < 1.29 is 32.5 Å². The van der Waals surface area contributed by atoms with Crippen molar-refractivity contribution in [2.75, 3.05) is 26.6 Å². The third-order valence-electron chi connectivity index (χ3n) is 4.48. The Labute approximate surface area is 155 Å². The van der Waals surface area contributed by atoms with Gasteiger partial charge in [-0.2, -0.15) is 0 Å². The minimum Gasteiger partial charge on any atom is -0.468 e. The second-order valence-corrected chi connectivity index (χ2v) is 6.45. The molecule has 0 N–H and O–H groups in total. The maximum Gasteiger partial charge on any atom is 0.343 e. The van der Waals surface area contributed by atoms with E-state index in [1.54, 1.807) is 12.1 Å². The number of ether oxygens (including phenoxy) is 4. The van der Waals surface area contributed by atoms with E-state index >= 15 is 0 Å². The van der Waals surface area contributed by atoms with Gasteiger partial charge in [0.1, 0.15) is 11.5 Å². The van der Waals surface area contributed by atoms with Crippen LogP contribution in [0.1, 0.15) is 23.7 Å². The highest BCUT2D eigenvalue weighted by Crippen LogP contribution is 2.31. The van der Waals surface area contributed by atoms with Gasteiger partial charge in [0, 0.05) is 11.5 Å². The van der Waals surface area contributed by atoms with Crippen molar-refractivity contribution in [2.24, 2.45) is 5.41 Å². The van der Waals surface area contributed by atoms with E-state index in [9.17, 15) is 13.6 Å². The zero-order chi connectivity index (χ0) is 19.3. The summed E-state index contributed by atoms with van der Waals surface area (Å²) >= 11 is 0. The Balaban J connectivity index is 1.47. The van der Waals surface area contributed by atoms with Gasteiger partial charge in [-0.25, -0.2) is 13.6 Å². The molecule has 0 radical (unpaired) electrons. The number of hydrogen-bond acceptors (Lipinski definition) is 5. The van der Waals surface area contributed by atoms with Crippen LogP contribution in [0.4, 0.5) is 8.78 Å². The molecule has 144 valence electrons. The predicted molar refractivity (Wildman–Crippen MR) is 92.7 cm³/mol. The van der Waals surface area contributed by atoms with Crippen molar-refractivity contribution in [3.05, 3.63) is 59.7 Å². The molecule has 0 aromatic heterocycles. The van der Waals surface area contributed by atoms with Crippen molar-refractivity contribution in [3.63, 3.8) is 0 Å². The van der Waals surface area contributed by atoms with Crippen molar-refractivity contribution in [1.29, 1.82) is 0 Å². The first-order valence-corrected chi connectivity index (χ1v) is 8.57. The van der Waals surface area contributed by atoms with E-state index in [-0.39, 0.29) is 23.5 Å². The topological polar surface area (TPSA) is 54.0 Å². The van der Waals surface area contributed by atoms with Gasteiger partial charge in [-0.3, -0.25) is 0 Å². The van der Waals surface area contributed by atoms with Crippen molar-refractivity contribution >= 4 is 5.97 Å². The molecule has 0 saturated carbocycles. The highest BCUT2D eigenvalue weighted by atomic mass is 19.2. The number of halogens is 2. The minimum atomic E-state index is -1.08. The van der Waals surface area contributed by atoms with Gasteiger partial charge < -0.3 is 18.9 Å². The lowest BCUT2D eigenvalue weighted by molar-refractivity contribution is -0.162. The zero-order valence-electron chi connectivity index (χ0n) is 14.9. The van der Waals surface area contributed by atoms with Gasteiger partial charge in [0.15, 0.2) is 18.4 Å². The summed E-state index contributed by atoms with van der Waals surface area (Å²) in [5.41, 5.74) is 0.348. The van der Waals surface area contributed by atoms with Crippen LogP contribution >= 0.6 is 0 Å². The fourth-order valence-electron chi connectivity index (χ4n) is 2.54. The molecule has 0 atom stereocenters. The normalized spacial score (nSPS) is 15.1. The fraction of sp³-hybridized carbons (Fsp3) is 0.350. The molecule has 1 aliphatic heterocycles. The molecule has 1 fully saturated rings. The van der Waals surface area contributed by atoms with Gasteiger partial charge in [0.05, 0.1) is 25.4 Å². The molecular formula is C20H20F2O5. The molecule has 27 heavy (non-hydrogen) atoms. The summed E-state index contributed by atoms with van der Waals surface area (Å²) in [6.07, 6.45) is 0.988. The highest BCUT2D eigenvalue weighted by molar-refractivity contribution is 5.91.